The first kappa shape index (κ1) is 28.4. The van der Waals surface area contributed by atoms with Gasteiger partial charge in [0.2, 0.25) is 0 Å². The normalized spacial score (nSPS) is 11.6. The third-order valence-electron chi connectivity index (χ3n) is 8.95. The number of thiophene rings is 1. The van der Waals surface area contributed by atoms with Crippen LogP contribution in [0.2, 0.25) is 0 Å². The second-order valence-corrected chi connectivity index (χ2v) is 13.2. The molecule has 4 aromatic heterocycles. The topological polar surface area (TPSA) is 77.6 Å². The number of fused-ring (bicyclic) bond motifs is 6. The molecule has 4 heterocycles. The van der Waals surface area contributed by atoms with Gasteiger partial charge >= 0.3 is 0 Å². The van der Waals surface area contributed by atoms with E-state index in [0.717, 1.165) is 71.1 Å². The van der Waals surface area contributed by atoms with Crippen molar-refractivity contribution in [1.82, 2.24) is 24.9 Å². The van der Waals surface area contributed by atoms with Crippen LogP contribution in [0.5, 0.6) is 0 Å². The van der Waals surface area contributed by atoms with Crippen LogP contribution >= 0.6 is 11.3 Å². The van der Waals surface area contributed by atoms with E-state index in [9.17, 15) is 0 Å². The predicted molar refractivity (Wildman–Crippen MR) is 203 cm³/mol. The van der Waals surface area contributed by atoms with Gasteiger partial charge in [0.1, 0.15) is 11.2 Å². The standard InChI is InChI=1S/C43H25N5OS/c1-4-12-26(13-5-1)37-39-38(32-18-10-11-19-36(32)50-39)45-42(44-37)29-21-23-34-33(24-29)31-22-20-30(25-35(31)49-34)43-47-40(27-14-6-2-7-15-27)46-41(48-43)28-16-8-3-9-17-28/h1-25H. The lowest BCUT2D eigenvalue weighted by molar-refractivity contribution is 0.669. The number of benzene rings is 6. The second-order valence-electron chi connectivity index (χ2n) is 12.1. The van der Waals surface area contributed by atoms with Gasteiger partial charge in [-0.25, -0.2) is 24.9 Å². The summed E-state index contributed by atoms with van der Waals surface area (Å²) in [7, 11) is 0. The lowest BCUT2D eigenvalue weighted by Gasteiger charge is -2.08. The third kappa shape index (κ3) is 4.83. The van der Waals surface area contributed by atoms with Gasteiger partial charge in [-0.2, -0.15) is 0 Å². The number of hydrogen-bond donors (Lipinski definition) is 0. The van der Waals surface area contributed by atoms with Gasteiger partial charge in [0.25, 0.3) is 0 Å². The van der Waals surface area contributed by atoms with Crippen LogP contribution in [0.4, 0.5) is 0 Å². The first-order valence-corrected chi connectivity index (χ1v) is 17.2. The highest BCUT2D eigenvalue weighted by atomic mass is 32.1. The Morgan fingerprint density at radius 1 is 0.380 bits per heavy atom. The van der Waals surface area contributed by atoms with Crippen LogP contribution in [0, 0.1) is 0 Å². The third-order valence-corrected chi connectivity index (χ3v) is 10.1. The fraction of sp³-hybridized carbons (Fsp3) is 0. The molecule has 234 valence electrons. The zero-order valence-corrected chi connectivity index (χ0v) is 27.3. The van der Waals surface area contributed by atoms with E-state index in [4.69, 9.17) is 29.3 Å². The van der Waals surface area contributed by atoms with Crippen molar-refractivity contribution in [3.63, 3.8) is 0 Å². The molecule has 10 aromatic rings. The molecule has 7 heteroatoms. The molecule has 0 aliphatic rings. The highest BCUT2D eigenvalue weighted by Gasteiger charge is 2.18. The molecule has 0 fully saturated rings. The smallest absolute Gasteiger partial charge is 0.164 e. The molecule has 50 heavy (non-hydrogen) atoms. The number of aromatic nitrogens is 5. The minimum Gasteiger partial charge on any atom is -0.456 e. The van der Waals surface area contributed by atoms with Crippen LogP contribution in [-0.4, -0.2) is 24.9 Å². The molecular weight excluding hydrogens is 635 g/mol. The van der Waals surface area contributed by atoms with Crippen LogP contribution < -0.4 is 0 Å². The van der Waals surface area contributed by atoms with E-state index >= 15 is 0 Å². The number of nitrogens with zero attached hydrogens (tertiary/aromatic N) is 5. The number of furan rings is 1. The van der Waals surface area contributed by atoms with Crippen molar-refractivity contribution in [3.05, 3.63) is 152 Å². The van der Waals surface area contributed by atoms with E-state index in [2.05, 4.69) is 66.7 Å². The van der Waals surface area contributed by atoms with Crippen LogP contribution in [0.3, 0.4) is 0 Å². The van der Waals surface area contributed by atoms with Crippen molar-refractivity contribution in [3.8, 4) is 56.8 Å². The molecule has 0 aliphatic heterocycles. The molecule has 10 rings (SSSR count). The van der Waals surface area contributed by atoms with Crippen LogP contribution in [-0.2, 0) is 0 Å². The molecule has 0 N–H and O–H groups in total. The first-order valence-electron chi connectivity index (χ1n) is 16.3. The minimum atomic E-state index is 0.582. The van der Waals surface area contributed by atoms with E-state index in [-0.39, 0.29) is 0 Å². The van der Waals surface area contributed by atoms with Gasteiger partial charge in [0.05, 0.1) is 15.9 Å². The van der Waals surface area contributed by atoms with Crippen LogP contribution in [0.1, 0.15) is 0 Å². The fourth-order valence-corrected chi connectivity index (χ4v) is 7.66. The van der Waals surface area contributed by atoms with Crippen LogP contribution in [0.25, 0.3) is 99.1 Å². The lowest BCUT2D eigenvalue weighted by atomic mass is 10.1. The summed E-state index contributed by atoms with van der Waals surface area (Å²) in [6.45, 7) is 0. The van der Waals surface area contributed by atoms with Gasteiger partial charge in [-0.3, -0.25) is 0 Å². The predicted octanol–water partition coefficient (Wildman–Crippen LogP) is 11.3. The Morgan fingerprint density at radius 3 is 1.64 bits per heavy atom. The SMILES string of the molecule is c1ccc(-c2nc(-c3ccccc3)nc(-c3ccc4c(c3)oc3ccc(-c5nc(-c6ccccc6)c6sc7ccccc7c6n5)cc34)n2)cc1. The summed E-state index contributed by atoms with van der Waals surface area (Å²) in [5.41, 5.74) is 8.15. The Bertz CT molecular complexity index is 2810. The van der Waals surface area contributed by atoms with Gasteiger partial charge in [-0.05, 0) is 36.4 Å². The van der Waals surface area contributed by atoms with Gasteiger partial charge in [-0.15, -0.1) is 11.3 Å². The largest absolute Gasteiger partial charge is 0.456 e. The molecule has 0 unspecified atom stereocenters. The van der Waals surface area contributed by atoms with Crippen molar-refractivity contribution in [2.24, 2.45) is 0 Å². The zero-order chi connectivity index (χ0) is 33.0. The van der Waals surface area contributed by atoms with E-state index in [1.54, 1.807) is 11.3 Å². The van der Waals surface area contributed by atoms with E-state index in [0.29, 0.717) is 23.3 Å². The van der Waals surface area contributed by atoms with Gasteiger partial charge in [0, 0.05) is 48.7 Å². The van der Waals surface area contributed by atoms with Crippen molar-refractivity contribution >= 4 is 53.6 Å². The Hall–Kier alpha value is -6.57. The van der Waals surface area contributed by atoms with E-state index in [1.807, 2.05) is 84.9 Å². The molecule has 0 saturated carbocycles. The molecule has 0 radical (unpaired) electrons. The van der Waals surface area contributed by atoms with Crippen molar-refractivity contribution in [2.75, 3.05) is 0 Å². The fourth-order valence-electron chi connectivity index (χ4n) is 6.50. The molecule has 6 aromatic carbocycles. The average Bonchev–Trinajstić information content (AvgIpc) is 3.76. The Morgan fingerprint density at radius 2 is 0.940 bits per heavy atom. The number of hydrogen-bond acceptors (Lipinski definition) is 7. The maximum Gasteiger partial charge on any atom is 0.164 e. The second kappa shape index (κ2) is 11.5. The summed E-state index contributed by atoms with van der Waals surface area (Å²) in [5.74, 6) is 2.50. The maximum absolute atomic E-state index is 6.43. The van der Waals surface area contributed by atoms with Crippen molar-refractivity contribution in [2.45, 2.75) is 0 Å². The van der Waals surface area contributed by atoms with Gasteiger partial charge in [-0.1, -0.05) is 115 Å². The quantitative estimate of drug-likeness (QED) is 0.183. The maximum atomic E-state index is 6.43. The molecule has 0 spiro atoms. The first-order chi connectivity index (χ1) is 24.7. The highest BCUT2D eigenvalue weighted by molar-refractivity contribution is 7.26. The molecule has 6 nitrogen and oxygen atoms in total. The molecule has 0 saturated heterocycles. The highest BCUT2D eigenvalue weighted by Crippen LogP contribution is 2.40. The summed E-state index contributed by atoms with van der Waals surface area (Å²) < 4.78 is 8.72. The molecule has 0 aliphatic carbocycles. The monoisotopic (exact) mass is 659 g/mol. The summed E-state index contributed by atoms with van der Waals surface area (Å²) in [6, 6.07) is 51.1. The molecule has 0 amide bonds. The van der Waals surface area contributed by atoms with E-state index < -0.39 is 0 Å². The molecule has 0 bridgehead atoms. The lowest BCUT2D eigenvalue weighted by Crippen LogP contribution is -2.00. The van der Waals surface area contributed by atoms with Crippen molar-refractivity contribution < 1.29 is 4.42 Å². The van der Waals surface area contributed by atoms with Crippen molar-refractivity contribution in [1.29, 1.82) is 0 Å². The Balaban J connectivity index is 1.11. The Kier molecular flexibility index (Phi) is 6.57. The number of rotatable bonds is 5. The summed E-state index contributed by atoms with van der Waals surface area (Å²) in [4.78, 5) is 25.0. The van der Waals surface area contributed by atoms with E-state index in [1.165, 1.54) is 4.70 Å². The Labute approximate surface area is 290 Å². The summed E-state index contributed by atoms with van der Waals surface area (Å²) >= 11 is 1.74. The summed E-state index contributed by atoms with van der Waals surface area (Å²) in [6.07, 6.45) is 0. The van der Waals surface area contributed by atoms with Gasteiger partial charge < -0.3 is 4.42 Å². The van der Waals surface area contributed by atoms with Gasteiger partial charge in [0.15, 0.2) is 23.3 Å². The minimum absolute atomic E-state index is 0.582. The average molecular weight is 660 g/mol. The molecule has 0 atom stereocenters. The zero-order valence-electron chi connectivity index (χ0n) is 26.5. The van der Waals surface area contributed by atoms with Crippen LogP contribution in [0.15, 0.2) is 156 Å². The summed E-state index contributed by atoms with van der Waals surface area (Å²) in [5, 5.41) is 3.13. The molecular formula is C43H25N5OS.